The zero-order valence-electron chi connectivity index (χ0n) is 16.9. The fourth-order valence-electron chi connectivity index (χ4n) is 3.41. The van der Waals surface area contributed by atoms with Gasteiger partial charge >= 0.3 is 0 Å². The second kappa shape index (κ2) is 9.35. The zero-order valence-corrected chi connectivity index (χ0v) is 20.7. The number of anilines is 1. The number of hydrogen-bond donors (Lipinski definition) is 1. The first-order chi connectivity index (χ1) is 14.8. The van der Waals surface area contributed by atoms with E-state index in [9.17, 15) is 13.2 Å². The fraction of sp³-hybridized carbons (Fsp3) is 0.273. The Morgan fingerprint density at radius 1 is 1.10 bits per heavy atom. The third kappa shape index (κ3) is 5.16. The Morgan fingerprint density at radius 3 is 2.39 bits per heavy atom. The van der Waals surface area contributed by atoms with Crippen LogP contribution in [0.25, 0.3) is 11.3 Å². The Labute approximate surface area is 199 Å². The summed E-state index contributed by atoms with van der Waals surface area (Å²) in [5, 5.41) is 5.19. The minimum Gasteiger partial charge on any atom is -0.298 e. The molecule has 2 aromatic carbocycles. The van der Waals surface area contributed by atoms with Gasteiger partial charge < -0.3 is 0 Å². The standard InChI is InChI=1S/C22H22IN3O3S2/c1-15-10-12-26(13-11-15)31(28,29)19-8-4-17(5-9-19)21(27)25-22-24-20(14-30-22)16-2-6-18(23)7-3-16/h2-9,14-15H,10-13H2,1H3,(H,24,25,27). The number of carbonyl (C=O) groups excluding carboxylic acids is 1. The average molecular weight is 567 g/mol. The van der Waals surface area contributed by atoms with Crippen LogP contribution in [0.2, 0.25) is 0 Å². The van der Waals surface area contributed by atoms with Crippen LogP contribution in [0.5, 0.6) is 0 Å². The van der Waals surface area contributed by atoms with Crippen molar-refractivity contribution in [1.29, 1.82) is 0 Å². The number of piperidine rings is 1. The molecule has 31 heavy (non-hydrogen) atoms. The first kappa shape index (κ1) is 22.4. The quantitative estimate of drug-likeness (QED) is 0.436. The van der Waals surface area contributed by atoms with Gasteiger partial charge in [-0.05, 0) is 77.7 Å². The van der Waals surface area contributed by atoms with Crippen molar-refractivity contribution in [1.82, 2.24) is 9.29 Å². The SMILES string of the molecule is CC1CCN(S(=O)(=O)c2ccc(C(=O)Nc3nc(-c4ccc(I)cc4)cs3)cc2)CC1. The lowest BCUT2D eigenvalue weighted by molar-refractivity contribution is 0.102. The van der Waals surface area contributed by atoms with Gasteiger partial charge in [0.25, 0.3) is 5.91 Å². The zero-order chi connectivity index (χ0) is 22.0. The van der Waals surface area contributed by atoms with Crippen molar-refractivity contribution >= 4 is 55.0 Å². The molecule has 9 heteroatoms. The third-order valence-corrected chi connectivity index (χ3v) is 8.75. The van der Waals surface area contributed by atoms with Crippen LogP contribution in [0, 0.1) is 9.49 Å². The molecule has 1 saturated heterocycles. The maximum Gasteiger partial charge on any atom is 0.257 e. The summed E-state index contributed by atoms with van der Waals surface area (Å²) in [7, 11) is -3.53. The van der Waals surface area contributed by atoms with Crippen molar-refractivity contribution in [2.24, 2.45) is 5.92 Å². The molecule has 2 heterocycles. The van der Waals surface area contributed by atoms with Crippen LogP contribution in [-0.2, 0) is 10.0 Å². The van der Waals surface area contributed by atoms with Crippen LogP contribution in [0.15, 0.2) is 58.8 Å². The van der Waals surface area contributed by atoms with Gasteiger partial charge in [-0.25, -0.2) is 13.4 Å². The molecule has 1 amide bonds. The highest BCUT2D eigenvalue weighted by Crippen LogP contribution is 2.27. The Balaban J connectivity index is 1.43. The van der Waals surface area contributed by atoms with E-state index in [2.05, 4.69) is 39.8 Å². The molecule has 0 spiro atoms. The molecule has 0 radical (unpaired) electrons. The van der Waals surface area contributed by atoms with E-state index in [1.165, 1.54) is 27.8 Å². The van der Waals surface area contributed by atoms with Crippen molar-refractivity contribution in [3.8, 4) is 11.3 Å². The van der Waals surface area contributed by atoms with Crippen molar-refractivity contribution in [3.63, 3.8) is 0 Å². The maximum absolute atomic E-state index is 12.8. The van der Waals surface area contributed by atoms with Gasteiger partial charge in [-0.15, -0.1) is 11.3 Å². The predicted octanol–water partition coefficient (Wildman–Crippen LogP) is 5.09. The first-order valence-electron chi connectivity index (χ1n) is 9.96. The second-order valence-corrected chi connectivity index (χ2v) is 11.7. The molecule has 4 rings (SSSR count). The lowest BCUT2D eigenvalue weighted by Gasteiger charge is -2.29. The summed E-state index contributed by atoms with van der Waals surface area (Å²) in [5.74, 6) is 0.230. The molecular formula is C22H22IN3O3S2. The molecule has 1 aromatic heterocycles. The summed E-state index contributed by atoms with van der Waals surface area (Å²) in [5.41, 5.74) is 2.17. The van der Waals surface area contributed by atoms with Crippen LogP contribution in [0.1, 0.15) is 30.1 Å². The van der Waals surface area contributed by atoms with Crippen molar-refractivity contribution in [2.45, 2.75) is 24.7 Å². The normalized spacial score (nSPS) is 15.7. The van der Waals surface area contributed by atoms with Crippen LogP contribution in [-0.4, -0.2) is 36.7 Å². The fourth-order valence-corrected chi connectivity index (χ4v) is 5.95. The van der Waals surface area contributed by atoms with Crippen molar-refractivity contribution < 1.29 is 13.2 Å². The topological polar surface area (TPSA) is 79.4 Å². The van der Waals surface area contributed by atoms with Gasteiger partial charge in [-0.3, -0.25) is 10.1 Å². The van der Waals surface area contributed by atoms with Crippen molar-refractivity contribution in [3.05, 3.63) is 63.0 Å². The number of halogens is 1. The van der Waals surface area contributed by atoms with Gasteiger partial charge in [-0.1, -0.05) is 19.1 Å². The lowest BCUT2D eigenvalue weighted by atomic mass is 10.0. The number of nitrogens with zero attached hydrogens (tertiary/aromatic N) is 2. The molecule has 0 unspecified atom stereocenters. The first-order valence-corrected chi connectivity index (χ1v) is 13.4. The smallest absolute Gasteiger partial charge is 0.257 e. The predicted molar refractivity (Wildman–Crippen MR) is 132 cm³/mol. The summed E-state index contributed by atoms with van der Waals surface area (Å²) in [6.07, 6.45) is 1.75. The molecule has 1 fully saturated rings. The highest BCUT2D eigenvalue weighted by atomic mass is 127. The van der Waals surface area contributed by atoms with E-state index in [1.807, 2.05) is 29.6 Å². The summed E-state index contributed by atoms with van der Waals surface area (Å²) in [6, 6.07) is 14.1. The summed E-state index contributed by atoms with van der Waals surface area (Å²) >= 11 is 3.60. The van der Waals surface area contributed by atoms with E-state index in [1.54, 1.807) is 12.1 Å². The van der Waals surface area contributed by atoms with Crippen LogP contribution < -0.4 is 5.32 Å². The lowest BCUT2D eigenvalue weighted by Crippen LogP contribution is -2.37. The molecule has 162 valence electrons. The van der Waals surface area contributed by atoms with Gasteiger partial charge in [0, 0.05) is 33.2 Å². The number of benzene rings is 2. The number of hydrogen-bond acceptors (Lipinski definition) is 5. The molecular weight excluding hydrogens is 545 g/mol. The Morgan fingerprint density at radius 2 is 1.74 bits per heavy atom. The van der Waals surface area contributed by atoms with Gasteiger partial charge in [-0.2, -0.15) is 4.31 Å². The van der Waals surface area contributed by atoms with E-state index < -0.39 is 10.0 Å². The molecule has 3 aromatic rings. The molecule has 0 saturated carbocycles. The minimum atomic E-state index is -3.53. The maximum atomic E-state index is 12.8. The molecule has 0 aliphatic carbocycles. The minimum absolute atomic E-state index is 0.217. The summed E-state index contributed by atoms with van der Waals surface area (Å²) < 4.78 is 28.4. The summed E-state index contributed by atoms with van der Waals surface area (Å²) in [4.78, 5) is 17.3. The second-order valence-electron chi connectivity index (χ2n) is 7.61. The van der Waals surface area contributed by atoms with E-state index >= 15 is 0 Å². The number of rotatable bonds is 5. The molecule has 1 N–H and O–H groups in total. The third-order valence-electron chi connectivity index (χ3n) is 5.36. The number of aromatic nitrogens is 1. The Hall–Kier alpha value is -1.82. The highest BCUT2D eigenvalue weighted by molar-refractivity contribution is 14.1. The van der Waals surface area contributed by atoms with Gasteiger partial charge in [0.05, 0.1) is 10.6 Å². The van der Waals surface area contributed by atoms with E-state index in [-0.39, 0.29) is 10.8 Å². The monoisotopic (exact) mass is 567 g/mol. The largest absolute Gasteiger partial charge is 0.298 e. The number of carbonyl (C=O) groups is 1. The molecule has 0 bridgehead atoms. The highest BCUT2D eigenvalue weighted by Gasteiger charge is 2.28. The van der Waals surface area contributed by atoms with E-state index in [0.29, 0.717) is 29.7 Å². The molecule has 1 aliphatic heterocycles. The molecule has 1 aliphatic rings. The average Bonchev–Trinajstić information content (AvgIpc) is 3.23. The van der Waals surface area contributed by atoms with E-state index in [4.69, 9.17) is 0 Å². The Kier molecular flexibility index (Phi) is 6.75. The number of thiazole rings is 1. The number of amides is 1. The summed E-state index contributed by atoms with van der Waals surface area (Å²) in [6.45, 7) is 3.22. The Bertz CT molecular complexity index is 1170. The van der Waals surface area contributed by atoms with Crippen molar-refractivity contribution in [2.75, 3.05) is 18.4 Å². The van der Waals surface area contributed by atoms with Crippen LogP contribution in [0.4, 0.5) is 5.13 Å². The van der Waals surface area contributed by atoms with Crippen LogP contribution >= 0.6 is 33.9 Å². The molecule has 0 atom stereocenters. The van der Waals surface area contributed by atoms with Gasteiger partial charge in [0.1, 0.15) is 0 Å². The van der Waals surface area contributed by atoms with Crippen LogP contribution in [0.3, 0.4) is 0 Å². The number of nitrogens with one attached hydrogen (secondary N) is 1. The number of sulfonamides is 1. The van der Waals surface area contributed by atoms with Gasteiger partial charge in [0.2, 0.25) is 10.0 Å². The van der Waals surface area contributed by atoms with Gasteiger partial charge in [0.15, 0.2) is 5.13 Å². The molecule has 6 nitrogen and oxygen atoms in total. The van der Waals surface area contributed by atoms with E-state index in [0.717, 1.165) is 27.7 Å².